The molecule has 6 heteroatoms. The molecule has 0 bridgehead atoms. The number of halogens is 1. The molecular formula is C20H19ClN2O3. The molecule has 0 aromatic heterocycles. The highest BCUT2D eigenvalue weighted by atomic mass is 35.5. The summed E-state index contributed by atoms with van der Waals surface area (Å²) in [5.41, 5.74) is 1.40. The van der Waals surface area contributed by atoms with Gasteiger partial charge in [-0.25, -0.2) is 4.79 Å². The van der Waals surface area contributed by atoms with Crippen molar-refractivity contribution in [1.29, 1.82) is 0 Å². The van der Waals surface area contributed by atoms with Crippen LogP contribution in [0.5, 0.6) is 0 Å². The Balaban J connectivity index is 2.00. The van der Waals surface area contributed by atoms with Crippen molar-refractivity contribution in [2.75, 3.05) is 4.90 Å². The van der Waals surface area contributed by atoms with Crippen LogP contribution in [0.1, 0.15) is 31.9 Å². The van der Waals surface area contributed by atoms with Crippen LogP contribution in [0.4, 0.5) is 10.5 Å². The molecule has 0 saturated carbocycles. The van der Waals surface area contributed by atoms with Crippen molar-refractivity contribution in [3.8, 4) is 0 Å². The SMILES string of the molecule is CC(C)(C)OC(=O)/N=C1/C(=O)N(Cc2ccccc2)c2c(Cl)cccc21. The molecule has 2 aromatic rings. The summed E-state index contributed by atoms with van der Waals surface area (Å²) in [4.78, 5) is 30.5. The van der Waals surface area contributed by atoms with Crippen molar-refractivity contribution in [3.05, 3.63) is 64.7 Å². The second-order valence-corrected chi connectivity index (χ2v) is 7.36. The van der Waals surface area contributed by atoms with Crippen molar-refractivity contribution in [3.63, 3.8) is 0 Å². The fraction of sp³-hybridized carbons (Fsp3) is 0.250. The minimum Gasteiger partial charge on any atom is -0.442 e. The van der Waals surface area contributed by atoms with E-state index in [1.807, 2.05) is 30.3 Å². The van der Waals surface area contributed by atoms with Crippen LogP contribution < -0.4 is 4.90 Å². The number of fused-ring (bicyclic) bond motifs is 1. The molecular weight excluding hydrogens is 352 g/mol. The number of aliphatic imine (C=N–C) groups is 1. The number of ether oxygens (including phenoxy) is 1. The number of rotatable bonds is 2. The molecule has 5 nitrogen and oxygen atoms in total. The van der Waals surface area contributed by atoms with Crippen LogP contribution in [-0.4, -0.2) is 23.3 Å². The topological polar surface area (TPSA) is 59.0 Å². The summed E-state index contributed by atoms with van der Waals surface area (Å²) >= 11 is 6.34. The highest BCUT2D eigenvalue weighted by molar-refractivity contribution is 6.56. The minimum atomic E-state index is -0.798. The molecule has 0 radical (unpaired) electrons. The van der Waals surface area contributed by atoms with Gasteiger partial charge in [-0.1, -0.05) is 54.1 Å². The Bertz CT molecular complexity index is 886. The minimum absolute atomic E-state index is 0.0488. The van der Waals surface area contributed by atoms with E-state index in [0.29, 0.717) is 22.8 Å². The van der Waals surface area contributed by atoms with E-state index in [2.05, 4.69) is 4.99 Å². The van der Waals surface area contributed by atoms with Crippen molar-refractivity contribution in [1.82, 2.24) is 0 Å². The molecule has 1 heterocycles. The van der Waals surface area contributed by atoms with Gasteiger partial charge in [0.2, 0.25) is 0 Å². The average Bonchev–Trinajstić information content (AvgIpc) is 2.81. The van der Waals surface area contributed by atoms with Crippen LogP contribution in [0.25, 0.3) is 0 Å². The van der Waals surface area contributed by atoms with E-state index < -0.39 is 11.7 Å². The van der Waals surface area contributed by atoms with Crippen LogP contribution in [0.2, 0.25) is 5.02 Å². The molecule has 26 heavy (non-hydrogen) atoms. The second-order valence-electron chi connectivity index (χ2n) is 6.95. The van der Waals surface area contributed by atoms with Gasteiger partial charge in [-0.15, -0.1) is 0 Å². The highest BCUT2D eigenvalue weighted by Crippen LogP contribution is 2.37. The standard InChI is InChI=1S/C20H19ClN2O3/c1-20(2,3)26-19(25)22-16-14-10-7-11-15(21)17(14)23(18(16)24)12-13-8-5-4-6-9-13/h4-11H,12H2,1-3H3/b22-16+. The maximum Gasteiger partial charge on any atom is 0.434 e. The van der Waals surface area contributed by atoms with Crippen molar-refractivity contribution >= 4 is 35.0 Å². The normalized spacial score (nSPS) is 15.3. The Morgan fingerprint density at radius 1 is 1.12 bits per heavy atom. The Kier molecular flexibility index (Phi) is 4.83. The third-order valence-electron chi connectivity index (χ3n) is 3.74. The molecule has 0 fully saturated rings. The predicted molar refractivity (Wildman–Crippen MR) is 102 cm³/mol. The third-order valence-corrected chi connectivity index (χ3v) is 4.04. The van der Waals surface area contributed by atoms with E-state index in [0.717, 1.165) is 5.56 Å². The summed E-state index contributed by atoms with van der Waals surface area (Å²) in [5, 5.41) is 0.432. The summed E-state index contributed by atoms with van der Waals surface area (Å²) in [6.07, 6.45) is -0.798. The largest absolute Gasteiger partial charge is 0.442 e. The summed E-state index contributed by atoms with van der Waals surface area (Å²) < 4.78 is 5.22. The van der Waals surface area contributed by atoms with Crippen LogP contribution in [0.15, 0.2) is 53.5 Å². The molecule has 1 aliphatic rings. The van der Waals surface area contributed by atoms with Crippen LogP contribution in [-0.2, 0) is 16.1 Å². The number of anilines is 1. The Labute approximate surface area is 157 Å². The van der Waals surface area contributed by atoms with E-state index >= 15 is 0 Å². The lowest BCUT2D eigenvalue weighted by Crippen LogP contribution is -2.30. The summed E-state index contributed by atoms with van der Waals surface area (Å²) in [6.45, 7) is 5.57. The zero-order chi connectivity index (χ0) is 18.9. The first kappa shape index (κ1) is 18.1. The highest BCUT2D eigenvalue weighted by Gasteiger charge is 2.36. The second kappa shape index (κ2) is 6.92. The Morgan fingerprint density at radius 3 is 2.46 bits per heavy atom. The molecule has 0 spiro atoms. The van der Waals surface area contributed by atoms with E-state index in [4.69, 9.17) is 16.3 Å². The number of hydrogen-bond acceptors (Lipinski definition) is 3. The van der Waals surface area contributed by atoms with E-state index in [1.165, 1.54) is 4.90 Å². The maximum absolute atomic E-state index is 12.9. The van der Waals surface area contributed by atoms with E-state index in [9.17, 15) is 9.59 Å². The lowest BCUT2D eigenvalue weighted by atomic mass is 10.1. The fourth-order valence-electron chi connectivity index (χ4n) is 2.73. The van der Waals surface area contributed by atoms with Gasteiger partial charge >= 0.3 is 6.09 Å². The number of amides is 2. The molecule has 2 amide bonds. The van der Waals surface area contributed by atoms with Gasteiger partial charge in [-0.05, 0) is 32.4 Å². The van der Waals surface area contributed by atoms with Gasteiger partial charge in [0.15, 0.2) is 0 Å². The lowest BCUT2D eigenvalue weighted by molar-refractivity contribution is -0.112. The first-order valence-electron chi connectivity index (χ1n) is 8.22. The monoisotopic (exact) mass is 370 g/mol. The summed E-state index contributed by atoms with van der Waals surface area (Å²) in [7, 11) is 0. The van der Waals surface area contributed by atoms with Gasteiger partial charge in [0.25, 0.3) is 5.91 Å². The van der Waals surface area contributed by atoms with Crippen molar-refractivity contribution < 1.29 is 14.3 Å². The average molecular weight is 371 g/mol. The molecule has 0 aliphatic carbocycles. The van der Waals surface area contributed by atoms with Gasteiger partial charge in [-0.3, -0.25) is 4.79 Å². The van der Waals surface area contributed by atoms with Crippen LogP contribution in [0, 0.1) is 0 Å². The number of carbonyl (C=O) groups is 2. The Morgan fingerprint density at radius 2 is 1.81 bits per heavy atom. The number of para-hydroxylation sites is 1. The maximum atomic E-state index is 12.9. The van der Waals surface area contributed by atoms with Gasteiger partial charge in [-0.2, -0.15) is 4.99 Å². The molecule has 1 aliphatic heterocycles. The molecule has 3 rings (SSSR count). The van der Waals surface area contributed by atoms with Crippen molar-refractivity contribution in [2.24, 2.45) is 4.99 Å². The van der Waals surface area contributed by atoms with Crippen molar-refractivity contribution in [2.45, 2.75) is 32.9 Å². The van der Waals surface area contributed by atoms with Gasteiger partial charge in [0.05, 0.1) is 17.3 Å². The summed E-state index contributed by atoms with van der Waals surface area (Å²) in [5.74, 6) is -0.372. The molecule has 134 valence electrons. The zero-order valence-corrected chi connectivity index (χ0v) is 15.6. The number of carbonyl (C=O) groups excluding carboxylic acids is 2. The number of nitrogens with zero attached hydrogens (tertiary/aromatic N) is 2. The zero-order valence-electron chi connectivity index (χ0n) is 14.8. The number of hydrogen-bond donors (Lipinski definition) is 0. The molecule has 2 aromatic carbocycles. The predicted octanol–water partition coefficient (Wildman–Crippen LogP) is 4.61. The van der Waals surface area contributed by atoms with Gasteiger partial charge < -0.3 is 9.64 Å². The van der Waals surface area contributed by atoms with Gasteiger partial charge in [0, 0.05) is 5.56 Å². The number of benzene rings is 2. The molecule has 0 saturated heterocycles. The van der Waals surface area contributed by atoms with Crippen LogP contribution >= 0.6 is 11.6 Å². The molecule has 0 atom stereocenters. The smallest absolute Gasteiger partial charge is 0.434 e. The quantitative estimate of drug-likeness (QED) is 0.775. The fourth-order valence-corrected chi connectivity index (χ4v) is 3.00. The third kappa shape index (κ3) is 3.78. The summed E-state index contributed by atoms with van der Waals surface area (Å²) in [6, 6.07) is 14.7. The van der Waals surface area contributed by atoms with Crippen LogP contribution in [0.3, 0.4) is 0 Å². The molecule has 0 N–H and O–H groups in total. The van der Waals surface area contributed by atoms with Gasteiger partial charge in [0.1, 0.15) is 11.3 Å². The first-order valence-corrected chi connectivity index (χ1v) is 8.60. The Hall–Kier alpha value is -2.66. The molecule has 0 unspecified atom stereocenters. The first-order chi connectivity index (χ1) is 12.3. The lowest BCUT2D eigenvalue weighted by Gasteiger charge is -2.18. The van der Waals surface area contributed by atoms with E-state index in [-0.39, 0.29) is 11.6 Å². The van der Waals surface area contributed by atoms with E-state index in [1.54, 1.807) is 39.0 Å².